The zero-order chi connectivity index (χ0) is 20.4. The number of carbonyl (C=O) groups is 2. The van der Waals surface area contributed by atoms with Gasteiger partial charge in [-0.2, -0.15) is 0 Å². The van der Waals surface area contributed by atoms with Crippen LogP contribution in [0.5, 0.6) is 0 Å². The van der Waals surface area contributed by atoms with Gasteiger partial charge < -0.3 is 10.2 Å². The van der Waals surface area contributed by atoms with Crippen molar-refractivity contribution in [2.24, 2.45) is 5.92 Å². The van der Waals surface area contributed by atoms with Gasteiger partial charge in [0.2, 0.25) is 11.8 Å². The number of hydrogen-bond acceptors (Lipinski definition) is 4. The SMILES string of the molecule is Cc1nc(-c2ccccc2)sc1CNC(=O)C1CC(=O)N(c2cccc(F)c2)C1. The van der Waals surface area contributed by atoms with Crippen LogP contribution in [0.15, 0.2) is 54.6 Å². The molecule has 148 valence electrons. The van der Waals surface area contributed by atoms with Crippen LogP contribution in [0.25, 0.3) is 10.6 Å². The molecule has 1 atom stereocenters. The molecular weight excluding hydrogens is 389 g/mol. The molecule has 0 spiro atoms. The molecule has 0 bridgehead atoms. The van der Waals surface area contributed by atoms with E-state index in [4.69, 9.17) is 0 Å². The van der Waals surface area contributed by atoms with Crippen LogP contribution < -0.4 is 10.2 Å². The zero-order valence-electron chi connectivity index (χ0n) is 15.9. The van der Waals surface area contributed by atoms with Gasteiger partial charge in [-0.05, 0) is 25.1 Å². The van der Waals surface area contributed by atoms with Crippen LogP contribution in [0.2, 0.25) is 0 Å². The van der Waals surface area contributed by atoms with Crippen molar-refractivity contribution in [3.05, 3.63) is 71.0 Å². The molecule has 1 aliphatic heterocycles. The number of nitrogens with one attached hydrogen (secondary N) is 1. The van der Waals surface area contributed by atoms with Crippen LogP contribution >= 0.6 is 11.3 Å². The van der Waals surface area contributed by atoms with Gasteiger partial charge in [0.25, 0.3) is 0 Å². The van der Waals surface area contributed by atoms with E-state index in [9.17, 15) is 14.0 Å². The molecule has 2 amide bonds. The molecule has 1 aromatic heterocycles. The molecule has 29 heavy (non-hydrogen) atoms. The summed E-state index contributed by atoms with van der Waals surface area (Å²) >= 11 is 1.55. The molecular formula is C22H20FN3O2S. The van der Waals surface area contributed by atoms with Gasteiger partial charge in [0.1, 0.15) is 10.8 Å². The summed E-state index contributed by atoms with van der Waals surface area (Å²) in [7, 11) is 0. The van der Waals surface area contributed by atoms with Gasteiger partial charge in [-0.3, -0.25) is 9.59 Å². The summed E-state index contributed by atoms with van der Waals surface area (Å²) in [6.45, 7) is 2.56. The van der Waals surface area contributed by atoms with Gasteiger partial charge in [-0.25, -0.2) is 9.37 Å². The maximum absolute atomic E-state index is 13.5. The molecule has 0 aliphatic carbocycles. The Morgan fingerprint density at radius 1 is 1.24 bits per heavy atom. The topological polar surface area (TPSA) is 62.3 Å². The third-order valence-corrected chi connectivity index (χ3v) is 6.16. The van der Waals surface area contributed by atoms with Crippen LogP contribution in [-0.4, -0.2) is 23.3 Å². The largest absolute Gasteiger partial charge is 0.351 e. The van der Waals surface area contributed by atoms with Crippen molar-refractivity contribution in [1.29, 1.82) is 0 Å². The number of benzene rings is 2. The van der Waals surface area contributed by atoms with Crippen LogP contribution in [-0.2, 0) is 16.1 Å². The zero-order valence-corrected chi connectivity index (χ0v) is 16.7. The summed E-state index contributed by atoms with van der Waals surface area (Å²) in [5.74, 6) is -1.20. The van der Waals surface area contributed by atoms with Crippen LogP contribution in [0.1, 0.15) is 17.0 Å². The van der Waals surface area contributed by atoms with Crippen molar-refractivity contribution in [3.63, 3.8) is 0 Å². The number of aromatic nitrogens is 1. The first-order valence-electron chi connectivity index (χ1n) is 9.36. The lowest BCUT2D eigenvalue weighted by Crippen LogP contribution is -2.32. The normalized spacial score (nSPS) is 16.3. The highest BCUT2D eigenvalue weighted by Gasteiger charge is 2.35. The molecule has 0 saturated carbocycles. The van der Waals surface area contributed by atoms with E-state index in [-0.39, 0.29) is 24.8 Å². The highest BCUT2D eigenvalue weighted by atomic mass is 32.1. The monoisotopic (exact) mass is 409 g/mol. The van der Waals surface area contributed by atoms with E-state index < -0.39 is 11.7 Å². The average Bonchev–Trinajstić information content (AvgIpc) is 3.29. The van der Waals surface area contributed by atoms with Gasteiger partial charge in [0.15, 0.2) is 0 Å². The number of carbonyl (C=O) groups excluding carboxylic acids is 2. The fourth-order valence-electron chi connectivity index (χ4n) is 3.38. The van der Waals surface area contributed by atoms with Crippen LogP contribution in [0, 0.1) is 18.7 Å². The average molecular weight is 409 g/mol. The summed E-state index contributed by atoms with van der Waals surface area (Å²) < 4.78 is 13.5. The molecule has 3 aromatic rings. The van der Waals surface area contributed by atoms with E-state index in [0.717, 1.165) is 21.1 Å². The minimum Gasteiger partial charge on any atom is -0.351 e. The third kappa shape index (κ3) is 4.19. The minimum atomic E-state index is -0.451. The van der Waals surface area contributed by atoms with Crippen molar-refractivity contribution in [1.82, 2.24) is 10.3 Å². The van der Waals surface area contributed by atoms with Gasteiger partial charge in [-0.1, -0.05) is 36.4 Å². The molecule has 1 aliphatic rings. The predicted molar refractivity (Wildman–Crippen MR) is 111 cm³/mol. The van der Waals surface area contributed by atoms with E-state index in [1.165, 1.54) is 17.0 Å². The van der Waals surface area contributed by atoms with Gasteiger partial charge in [-0.15, -0.1) is 11.3 Å². The lowest BCUT2D eigenvalue weighted by Gasteiger charge is -2.16. The Labute approximate surface area is 172 Å². The first kappa shape index (κ1) is 19.3. The quantitative estimate of drug-likeness (QED) is 0.695. The van der Waals surface area contributed by atoms with Gasteiger partial charge in [0, 0.05) is 29.1 Å². The number of hydrogen-bond donors (Lipinski definition) is 1. The first-order valence-corrected chi connectivity index (χ1v) is 10.2. The van der Waals surface area contributed by atoms with E-state index in [1.54, 1.807) is 23.5 Å². The fraction of sp³-hybridized carbons (Fsp3) is 0.227. The van der Waals surface area contributed by atoms with Crippen LogP contribution in [0.3, 0.4) is 0 Å². The number of nitrogens with zero attached hydrogens (tertiary/aromatic N) is 2. The third-order valence-electron chi connectivity index (χ3n) is 4.95. The molecule has 4 rings (SSSR count). The maximum Gasteiger partial charge on any atom is 0.227 e. The Kier molecular flexibility index (Phi) is 5.40. The Hall–Kier alpha value is -3.06. The lowest BCUT2D eigenvalue weighted by atomic mass is 10.1. The Morgan fingerprint density at radius 3 is 2.79 bits per heavy atom. The second-order valence-corrected chi connectivity index (χ2v) is 8.08. The highest BCUT2D eigenvalue weighted by molar-refractivity contribution is 7.15. The Bertz CT molecular complexity index is 1050. The molecule has 5 nitrogen and oxygen atoms in total. The minimum absolute atomic E-state index is 0.124. The standard InChI is InChI=1S/C22H20FN3O2S/c1-14-19(29-22(25-14)15-6-3-2-4-7-15)12-24-21(28)16-10-20(27)26(13-16)18-9-5-8-17(23)11-18/h2-9,11,16H,10,12-13H2,1H3,(H,24,28). The van der Waals surface area contributed by atoms with E-state index in [0.29, 0.717) is 12.2 Å². The van der Waals surface area contributed by atoms with Gasteiger partial charge >= 0.3 is 0 Å². The highest BCUT2D eigenvalue weighted by Crippen LogP contribution is 2.28. The van der Waals surface area contributed by atoms with Crippen molar-refractivity contribution in [2.45, 2.75) is 19.9 Å². The second kappa shape index (κ2) is 8.13. The Balaban J connectivity index is 1.39. The lowest BCUT2D eigenvalue weighted by molar-refractivity contribution is -0.126. The smallest absolute Gasteiger partial charge is 0.227 e. The molecule has 0 radical (unpaired) electrons. The fourth-order valence-corrected chi connectivity index (χ4v) is 4.39. The summed E-state index contributed by atoms with van der Waals surface area (Å²) in [6.07, 6.45) is 0.124. The molecule has 1 saturated heterocycles. The first-order chi connectivity index (χ1) is 14.0. The van der Waals surface area contributed by atoms with Crippen LogP contribution in [0.4, 0.5) is 10.1 Å². The summed E-state index contributed by atoms with van der Waals surface area (Å²) in [5.41, 5.74) is 2.42. The summed E-state index contributed by atoms with van der Waals surface area (Å²) in [4.78, 5) is 32.0. The maximum atomic E-state index is 13.5. The Morgan fingerprint density at radius 2 is 2.03 bits per heavy atom. The number of aryl methyl sites for hydroxylation is 1. The molecule has 1 N–H and O–H groups in total. The number of rotatable bonds is 5. The van der Waals surface area contributed by atoms with Crippen molar-refractivity contribution < 1.29 is 14.0 Å². The summed E-state index contributed by atoms with van der Waals surface area (Å²) in [6, 6.07) is 15.8. The van der Waals surface area contributed by atoms with E-state index in [2.05, 4.69) is 10.3 Å². The van der Waals surface area contributed by atoms with Gasteiger partial charge in [0.05, 0.1) is 18.2 Å². The number of thiazole rings is 1. The number of halogens is 1. The predicted octanol–water partition coefficient (Wildman–Crippen LogP) is 3.93. The molecule has 7 heteroatoms. The number of anilines is 1. The van der Waals surface area contributed by atoms with Crippen molar-refractivity contribution >= 4 is 28.8 Å². The number of amides is 2. The second-order valence-electron chi connectivity index (χ2n) is 7.00. The van der Waals surface area contributed by atoms with Crippen molar-refractivity contribution in [2.75, 3.05) is 11.4 Å². The molecule has 2 aromatic carbocycles. The van der Waals surface area contributed by atoms with E-state index in [1.807, 2.05) is 37.3 Å². The molecule has 1 fully saturated rings. The van der Waals surface area contributed by atoms with Crippen molar-refractivity contribution in [3.8, 4) is 10.6 Å². The van der Waals surface area contributed by atoms with E-state index >= 15 is 0 Å². The molecule has 2 heterocycles. The summed E-state index contributed by atoms with van der Waals surface area (Å²) in [5, 5.41) is 3.85. The molecule has 1 unspecified atom stereocenters.